The molecule has 18 heavy (non-hydrogen) atoms. The van der Waals surface area contributed by atoms with Gasteiger partial charge in [0.15, 0.2) is 0 Å². The molecule has 0 aromatic heterocycles. The van der Waals surface area contributed by atoms with E-state index < -0.39 is 5.97 Å². The van der Waals surface area contributed by atoms with Crippen LogP contribution in [-0.4, -0.2) is 20.2 Å². The molecule has 6 nitrogen and oxygen atoms in total. The third-order valence-corrected chi connectivity index (χ3v) is 2.49. The Morgan fingerprint density at radius 1 is 1.50 bits per heavy atom. The number of rotatable bonds is 5. The summed E-state index contributed by atoms with van der Waals surface area (Å²) >= 11 is 6.06. The number of hydrogen-bond acceptors (Lipinski definition) is 4. The van der Waals surface area contributed by atoms with Gasteiger partial charge in [0.05, 0.1) is 24.9 Å². The van der Waals surface area contributed by atoms with Crippen LogP contribution in [0, 0.1) is 0 Å². The molecule has 0 spiro atoms. The van der Waals surface area contributed by atoms with Crippen molar-refractivity contribution in [3.63, 3.8) is 0 Å². The van der Waals surface area contributed by atoms with Gasteiger partial charge >= 0.3 is 5.97 Å². The molecule has 1 aromatic rings. The molecule has 0 amide bonds. The smallest absolute Gasteiger partial charge is 0.334 e. The zero-order valence-electron chi connectivity index (χ0n) is 9.81. The number of carbonyl (C=O) groups is 1. The van der Waals surface area contributed by atoms with E-state index >= 15 is 0 Å². The van der Waals surface area contributed by atoms with Crippen LogP contribution in [0.15, 0.2) is 29.1 Å². The van der Waals surface area contributed by atoms with Crippen molar-refractivity contribution in [3.05, 3.63) is 40.0 Å². The zero-order chi connectivity index (χ0) is 13.5. The molecule has 0 atom stereocenters. The van der Waals surface area contributed by atoms with Gasteiger partial charge in [-0.3, -0.25) is 5.22 Å². The Labute approximate surface area is 109 Å². The molecule has 0 aliphatic rings. The van der Waals surface area contributed by atoms with E-state index in [-0.39, 0.29) is 5.70 Å². The number of carbonyl (C=O) groups excluding carboxylic acids is 1. The Morgan fingerprint density at radius 3 is 2.78 bits per heavy atom. The van der Waals surface area contributed by atoms with E-state index in [1.54, 1.807) is 18.2 Å². The molecule has 0 unspecified atom stereocenters. The van der Waals surface area contributed by atoms with E-state index in [1.165, 1.54) is 20.3 Å². The van der Waals surface area contributed by atoms with Gasteiger partial charge in [0.1, 0.15) is 5.75 Å². The lowest BCUT2D eigenvalue weighted by Crippen LogP contribution is -2.16. The average Bonchev–Trinajstić information content (AvgIpc) is 2.39. The maximum Gasteiger partial charge on any atom is 0.334 e. The van der Waals surface area contributed by atoms with Gasteiger partial charge in [-0.15, -0.1) is 0 Å². The van der Waals surface area contributed by atoms with Crippen molar-refractivity contribution in [2.45, 2.75) is 0 Å². The zero-order valence-corrected chi connectivity index (χ0v) is 10.6. The molecule has 1 aromatic carbocycles. The van der Waals surface area contributed by atoms with Gasteiger partial charge in [-0.25, -0.2) is 4.79 Å². The predicted molar refractivity (Wildman–Crippen MR) is 66.9 cm³/mol. The SMILES string of the molecule is COC(=O)/C(=C/c1cccc(OC)c1Cl)NN=[N-]. The van der Waals surface area contributed by atoms with Gasteiger partial charge in [-0.1, -0.05) is 23.7 Å². The van der Waals surface area contributed by atoms with Gasteiger partial charge in [0.2, 0.25) is 0 Å². The highest BCUT2D eigenvalue weighted by Crippen LogP contribution is 2.29. The Morgan fingerprint density at radius 2 is 2.22 bits per heavy atom. The molecule has 0 radical (unpaired) electrons. The minimum absolute atomic E-state index is 0.0600. The van der Waals surface area contributed by atoms with Crippen LogP contribution in [0.4, 0.5) is 0 Å². The fourth-order valence-electron chi connectivity index (χ4n) is 1.25. The first kappa shape index (κ1) is 14.0. The lowest BCUT2D eigenvalue weighted by Gasteiger charge is -2.11. The second kappa shape index (κ2) is 6.61. The van der Waals surface area contributed by atoms with E-state index in [2.05, 4.69) is 15.4 Å². The number of methoxy groups -OCH3 is 2. The average molecular weight is 269 g/mol. The molecular formula is C11H11ClN3O3-. The lowest BCUT2D eigenvalue weighted by molar-refractivity contribution is -0.136. The van der Waals surface area contributed by atoms with Gasteiger partial charge in [0.25, 0.3) is 0 Å². The maximum atomic E-state index is 11.4. The molecule has 0 aliphatic heterocycles. The number of nitrogens with one attached hydrogen (secondary N) is 1. The Hall–Kier alpha value is -2.08. The van der Waals surface area contributed by atoms with E-state index in [0.29, 0.717) is 16.3 Å². The second-order valence-corrected chi connectivity index (χ2v) is 3.50. The fraction of sp³-hybridized carbons (Fsp3) is 0.182. The minimum atomic E-state index is -0.688. The quantitative estimate of drug-likeness (QED) is 0.385. The minimum Gasteiger partial charge on any atom is -0.495 e. The summed E-state index contributed by atoms with van der Waals surface area (Å²) in [6, 6.07) is 5.07. The van der Waals surface area contributed by atoms with Crippen molar-refractivity contribution in [2.75, 3.05) is 14.2 Å². The van der Waals surface area contributed by atoms with Crippen molar-refractivity contribution in [1.29, 1.82) is 0 Å². The highest BCUT2D eigenvalue weighted by Gasteiger charge is 2.08. The molecule has 0 fully saturated rings. The molecule has 0 aliphatic carbocycles. The van der Waals surface area contributed by atoms with Crippen LogP contribution in [0.25, 0.3) is 11.6 Å². The summed E-state index contributed by atoms with van der Waals surface area (Å²) in [5, 5.41) is 3.01. The number of ether oxygens (including phenoxy) is 2. The van der Waals surface area contributed by atoms with Crippen LogP contribution in [0.2, 0.25) is 5.02 Å². The van der Waals surface area contributed by atoms with E-state index in [9.17, 15) is 4.79 Å². The number of nitrogens with zero attached hydrogens (tertiary/aromatic N) is 2. The summed E-state index contributed by atoms with van der Waals surface area (Å²) in [4.78, 5) is 11.4. The molecule has 0 bridgehead atoms. The normalized spacial score (nSPS) is 10.7. The number of hydrogen-bond donors (Lipinski definition) is 1. The first-order chi connectivity index (χ1) is 8.63. The molecular weight excluding hydrogens is 258 g/mol. The third-order valence-electron chi connectivity index (χ3n) is 2.09. The monoisotopic (exact) mass is 268 g/mol. The Kier molecular flexibility index (Phi) is 5.13. The third kappa shape index (κ3) is 3.21. The molecule has 0 saturated heterocycles. The highest BCUT2D eigenvalue weighted by atomic mass is 35.5. The summed E-state index contributed by atoms with van der Waals surface area (Å²) in [5.41, 5.74) is 11.0. The summed E-state index contributed by atoms with van der Waals surface area (Å²) in [6.07, 6.45) is 1.39. The number of benzene rings is 1. The fourth-order valence-corrected chi connectivity index (χ4v) is 1.51. The van der Waals surface area contributed by atoms with Crippen LogP contribution in [0.5, 0.6) is 5.75 Å². The van der Waals surface area contributed by atoms with E-state index in [1.807, 2.05) is 0 Å². The van der Waals surface area contributed by atoms with Gasteiger partial charge in [-0.2, -0.15) is 0 Å². The standard InChI is InChI=1S/C11H11ClN3O3/c1-17-9-5-3-4-7(10(9)12)6-8(14-15-13)11(16)18-2/h3-6H,1-2H3,(H-,13,14)/q-1/b8-6-. The number of halogens is 1. The van der Waals surface area contributed by atoms with E-state index in [0.717, 1.165) is 0 Å². The van der Waals surface area contributed by atoms with Crippen LogP contribution >= 0.6 is 11.6 Å². The van der Waals surface area contributed by atoms with Crippen molar-refractivity contribution >= 4 is 23.6 Å². The molecule has 96 valence electrons. The van der Waals surface area contributed by atoms with Crippen molar-refractivity contribution in [3.8, 4) is 5.75 Å². The molecule has 0 saturated carbocycles. The van der Waals surface area contributed by atoms with Crippen molar-refractivity contribution < 1.29 is 14.3 Å². The molecule has 1 N–H and O–H groups in total. The Bertz CT molecular complexity index is 488. The van der Waals surface area contributed by atoms with Gasteiger partial charge in [0, 0.05) is 0 Å². The van der Waals surface area contributed by atoms with Crippen LogP contribution in [0.1, 0.15) is 5.56 Å². The van der Waals surface area contributed by atoms with Gasteiger partial charge in [-0.05, 0) is 17.7 Å². The summed E-state index contributed by atoms with van der Waals surface area (Å²) in [5.74, 6) is -0.220. The second-order valence-electron chi connectivity index (χ2n) is 3.12. The molecule has 1 rings (SSSR count). The lowest BCUT2D eigenvalue weighted by atomic mass is 10.2. The largest absolute Gasteiger partial charge is 0.495 e. The maximum absolute atomic E-state index is 11.4. The van der Waals surface area contributed by atoms with E-state index in [4.69, 9.17) is 21.9 Å². The Balaban J connectivity index is 3.19. The molecule has 7 heteroatoms. The number of esters is 1. The first-order valence-electron chi connectivity index (χ1n) is 4.86. The van der Waals surface area contributed by atoms with Crippen LogP contribution < -0.4 is 10.2 Å². The molecule has 0 heterocycles. The summed E-state index contributed by atoms with van der Waals surface area (Å²) in [7, 11) is 2.69. The van der Waals surface area contributed by atoms with Crippen LogP contribution in [0.3, 0.4) is 0 Å². The summed E-state index contributed by atoms with van der Waals surface area (Å²) < 4.78 is 9.56. The van der Waals surface area contributed by atoms with Gasteiger partial charge < -0.3 is 20.4 Å². The topological polar surface area (TPSA) is 82.2 Å². The summed E-state index contributed by atoms with van der Waals surface area (Å²) in [6.45, 7) is 0. The van der Waals surface area contributed by atoms with Crippen molar-refractivity contribution in [1.82, 2.24) is 5.43 Å². The highest BCUT2D eigenvalue weighted by molar-refractivity contribution is 6.33. The van der Waals surface area contributed by atoms with Crippen molar-refractivity contribution in [2.24, 2.45) is 5.22 Å². The van der Waals surface area contributed by atoms with Crippen LogP contribution in [-0.2, 0) is 9.53 Å². The predicted octanol–water partition coefficient (Wildman–Crippen LogP) is 2.39. The first-order valence-corrected chi connectivity index (χ1v) is 5.24.